The number of carbonyl (C=O) groups excluding carboxylic acids is 1. The quantitative estimate of drug-likeness (QED) is 0.560. The lowest BCUT2D eigenvalue weighted by Crippen LogP contribution is -2.32. The van der Waals surface area contributed by atoms with Crippen LogP contribution in [0.2, 0.25) is 0 Å². The van der Waals surface area contributed by atoms with E-state index in [0.717, 1.165) is 52.8 Å². The normalized spacial score (nSPS) is 11.0. The van der Waals surface area contributed by atoms with Crippen molar-refractivity contribution in [3.05, 3.63) is 59.3 Å². The van der Waals surface area contributed by atoms with Gasteiger partial charge in [-0.15, -0.1) is 0 Å². The van der Waals surface area contributed by atoms with E-state index in [9.17, 15) is 4.79 Å². The predicted octanol–water partition coefficient (Wildman–Crippen LogP) is 4.24. The predicted molar refractivity (Wildman–Crippen MR) is 125 cm³/mol. The maximum atomic E-state index is 12.8. The van der Waals surface area contributed by atoms with Crippen LogP contribution in [0.4, 0.5) is 5.69 Å². The summed E-state index contributed by atoms with van der Waals surface area (Å²) in [7, 11) is 5.21. The van der Waals surface area contributed by atoms with E-state index in [-0.39, 0.29) is 5.91 Å². The van der Waals surface area contributed by atoms with E-state index in [1.54, 1.807) is 14.2 Å². The zero-order chi connectivity index (χ0) is 22.4. The molecule has 6 heteroatoms. The van der Waals surface area contributed by atoms with Gasteiger partial charge in [-0.1, -0.05) is 31.2 Å². The average Bonchev–Trinajstić information content (AvgIpc) is 2.79. The molecule has 1 aromatic heterocycles. The average molecular weight is 422 g/mol. The van der Waals surface area contributed by atoms with Crippen molar-refractivity contribution in [3.8, 4) is 11.5 Å². The van der Waals surface area contributed by atoms with Crippen molar-refractivity contribution in [2.45, 2.75) is 26.7 Å². The third-order valence-electron chi connectivity index (χ3n) is 5.48. The van der Waals surface area contributed by atoms with Crippen molar-refractivity contribution >= 4 is 22.5 Å². The second kappa shape index (κ2) is 10.3. The number of aromatic nitrogens is 1. The minimum absolute atomic E-state index is 0.0312. The monoisotopic (exact) mass is 421 g/mol. The van der Waals surface area contributed by atoms with Crippen LogP contribution < -0.4 is 14.8 Å². The van der Waals surface area contributed by atoms with Crippen molar-refractivity contribution < 1.29 is 14.3 Å². The summed E-state index contributed by atoms with van der Waals surface area (Å²) in [4.78, 5) is 19.6. The highest BCUT2D eigenvalue weighted by atomic mass is 16.5. The Labute approximate surface area is 184 Å². The summed E-state index contributed by atoms with van der Waals surface area (Å²) in [6, 6.07) is 13.8. The van der Waals surface area contributed by atoms with Gasteiger partial charge in [-0.25, -0.2) is 0 Å². The van der Waals surface area contributed by atoms with Crippen LogP contribution in [0.5, 0.6) is 11.5 Å². The number of nitrogens with zero attached hydrogens (tertiary/aromatic N) is 2. The summed E-state index contributed by atoms with van der Waals surface area (Å²) in [5.74, 6) is 1.40. The second-order valence-electron chi connectivity index (χ2n) is 7.65. The number of benzene rings is 2. The van der Waals surface area contributed by atoms with Crippen LogP contribution in [0, 0.1) is 6.92 Å². The van der Waals surface area contributed by atoms with E-state index in [2.05, 4.69) is 12.2 Å². The van der Waals surface area contributed by atoms with E-state index in [4.69, 9.17) is 14.5 Å². The summed E-state index contributed by atoms with van der Waals surface area (Å²) in [6.45, 7) is 5.16. The van der Waals surface area contributed by atoms with E-state index < -0.39 is 0 Å². The topological polar surface area (TPSA) is 63.7 Å². The molecule has 1 N–H and O–H groups in total. The molecule has 0 bridgehead atoms. The molecule has 3 aromatic rings. The van der Waals surface area contributed by atoms with E-state index in [1.807, 2.05) is 61.3 Å². The lowest BCUT2D eigenvalue weighted by molar-refractivity contribution is -0.117. The zero-order valence-electron chi connectivity index (χ0n) is 19.0. The van der Waals surface area contributed by atoms with Gasteiger partial charge < -0.3 is 14.8 Å². The van der Waals surface area contributed by atoms with Gasteiger partial charge in [0.2, 0.25) is 5.91 Å². The van der Waals surface area contributed by atoms with Crippen LogP contribution in [-0.2, 0) is 17.6 Å². The van der Waals surface area contributed by atoms with Gasteiger partial charge >= 0.3 is 0 Å². The standard InChI is InChI=1S/C25H31N3O3/c1-6-20-17(2)25(19-9-7-8-10-21(19)26-20)27-24(29)16-28(3)14-13-18-11-12-22(30-4)23(15-18)31-5/h7-12,15H,6,13-14,16H2,1-5H3,(H,26,27,29). The van der Waals surface area contributed by atoms with Crippen LogP contribution in [0.25, 0.3) is 10.9 Å². The van der Waals surface area contributed by atoms with Crippen molar-refractivity contribution in [1.82, 2.24) is 9.88 Å². The highest BCUT2D eigenvalue weighted by Gasteiger charge is 2.15. The third kappa shape index (κ3) is 5.33. The molecular weight excluding hydrogens is 390 g/mol. The Kier molecular flexibility index (Phi) is 7.47. The molecule has 31 heavy (non-hydrogen) atoms. The number of pyridine rings is 1. The molecule has 0 aliphatic carbocycles. The number of aryl methyl sites for hydroxylation is 1. The number of para-hydroxylation sites is 1. The Hall–Kier alpha value is -3.12. The molecular formula is C25H31N3O3. The van der Waals surface area contributed by atoms with Crippen LogP contribution >= 0.6 is 0 Å². The number of nitrogens with one attached hydrogen (secondary N) is 1. The number of anilines is 1. The molecule has 0 fully saturated rings. The molecule has 3 rings (SSSR count). The van der Waals surface area contributed by atoms with Crippen LogP contribution in [0.3, 0.4) is 0 Å². The molecule has 0 saturated heterocycles. The first-order valence-electron chi connectivity index (χ1n) is 10.5. The van der Waals surface area contributed by atoms with Crippen molar-refractivity contribution in [2.24, 2.45) is 0 Å². The first kappa shape index (κ1) is 22.6. The lowest BCUT2D eigenvalue weighted by atomic mass is 10.1. The highest BCUT2D eigenvalue weighted by Crippen LogP contribution is 2.29. The van der Waals surface area contributed by atoms with Crippen molar-refractivity contribution in [3.63, 3.8) is 0 Å². The first-order chi connectivity index (χ1) is 15.0. The second-order valence-corrected chi connectivity index (χ2v) is 7.65. The number of fused-ring (bicyclic) bond motifs is 1. The highest BCUT2D eigenvalue weighted by molar-refractivity contribution is 6.03. The SMILES string of the molecule is CCc1nc2ccccc2c(NC(=O)CN(C)CCc2ccc(OC)c(OC)c2)c1C. The Bertz CT molecular complexity index is 1070. The fourth-order valence-electron chi connectivity index (χ4n) is 3.72. The molecule has 6 nitrogen and oxygen atoms in total. The maximum absolute atomic E-state index is 12.8. The molecule has 0 unspecified atom stereocenters. The van der Waals surface area contributed by atoms with Crippen molar-refractivity contribution in [1.29, 1.82) is 0 Å². The summed E-state index contributed by atoms with van der Waals surface area (Å²) < 4.78 is 10.7. The molecule has 0 radical (unpaired) electrons. The fourth-order valence-corrected chi connectivity index (χ4v) is 3.72. The lowest BCUT2D eigenvalue weighted by Gasteiger charge is -2.19. The summed E-state index contributed by atoms with van der Waals surface area (Å²) in [6.07, 6.45) is 1.63. The van der Waals surface area contributed by atoms with Gasteiger partial charge in [-0.3, -0.25) is 14.7 Å². The maximum Gasteiger partial charge on any atom is 0.238 e. The Morgan fingerprint density at radius 2 is 1.84 bits per heavy atom. The molecule has 0 saturated carbocycles. The largest absolute Gasteiger partial charge is 0.493 e. The Balaban J connectivity index is 1.65. The number of carbonyl (C=O) groups is 1. The Morgan fingerprint density at radius 1 is 1.10 bits per heavy atom. The molecule has 1 amide bonds. The van der Waals surface area contributed by atoms with Crippen LogP contribution in [-0.4, -0.2) is 50.1 Å². The van der Waals surface area contributed by atoms with Gasteiger partial charge in [0.05, 0.1) is 32.0 Å². The smallest absolute Gasteiger partial charge is 0.238 e. The zero-order valence-corrected chi connectivity index (χ0v) is 19.0. The fraction of sp³-hybridized carbons (Fsp3) is 0.360. The third-order valence-corrected chi connectivity index (χ3v) is 5.48. The van der Waals surface area contributed by atoms with Gasteiger partial charge in [0.15, 0.2) is 11.5 Å². The number of rotatable bonds is 9. The van der Waals surface area contributed by atoms with Gasteiger partial charge in [0.1, 0.15) is 0 Å². The minimum atomic E-state index is -0.0312. The van der Waals surface area contributed by atoms with Crippen molar-refractivity contribution in [2.75, 3.05) is 39.7 Å². The van der Waals surface area contributed by atoms with Gasteiger partial charge in [-0.2, -0.15) is 0 Å². The number of hydrogen-bond donors (Lipinski definition) is 1. The molecule has 0 spiro atoms. The molecule has 0 aliphatic rings. The number of ether oxygens (including phenoxy) is 2. The molecule has 0 aliphatic heterocycles. The minimum Gasteiger partial charge on any atom is -0.493 e. The first-order valence-corrected chi connectivity index (χ1v) is 10.5. The van der Waals surface area contributed by atoms with Crippen LogP contribution in [0.1, 0.15) is 23.7 Å². The molecule has 2 aromatic carbocycles. The number of amides is 1. The summed E-state index contributed by atoms with van der Waals surface area (Å²) >= 11 is 0. The molecule has 1 heterocycles. The van der Waals surface area contributed by atoms with E-state index in [1.165, 1.54) is 0 Å². The summed E-state index contributed by atoms with van der Waals surface area (Å²) in [5.41, 5.74) is 4.94. The van der Waals surface area contributed by atoms with E-state index in [0.29, 0.717) is 18.0 Å². The van der Waals surface area contributed by atoms with Gasteiger partial charge in [0.25, 0.3) is 0 Å². The number of methoxy groups -OCH3 is 2. The number of likely N-dealkylation sites (N-methyl/N-ethyl adjacent to an activating group) is 1. The van der Waals surface area contributed by atoms with Gasteiger partial charge in [0, 0.05) is 17.6 Å². The molecule has 0 atom stereocenters. The summed E-state index contributed by atoms with van der Waals surface area (Å²) in [5, 5.41) is 4.10. The van der Waals surface area contributed by atoms with E-state index >= 15 is 0 Å². The Morgan fingerprint density at radius 3 is 2.55 bits per heavy atom. The molecule has 164 valence electrons. The number of hydrogen-bond acceptors (Lipinski definition) is 5. The van der Waals surface area contributed by atoms with Gasteiger partial charge in [-0.05, 0) is 56.1 Å². The van der Waals surface area contributed by atoms with Crippen LogP contribution in [0.15, 0.2) is 42.5 Å².